The van der Waals surface area contributed by atoms with Crippen LogP contribution in [0.2, 0.25) is 0 Å². The molecule has 0 heterocycles. The predicted molar refractivity (Wildman–Crippen MR) is 112 cm³/mol. The fourth-order valence-corrected chi connectivity index (χ4v) is 3.68. The average Bonchev–Trinajstić information content (AvgIpc) is 2.73. The number of nitrogens with two attached hydrogens (primary N) is 1. The Morgan fingerprint density at radius 1 is 0.897 bits per heavy atom. The van der Waals surface area contributed by atoms with Gasteiger partial charge in [0.1, 0.15) is 10.9 Å². The largest absolute Gasteiger partial charge is 0.341 e. The number of hydrogen-bond acceptors (Lipinski definition) is 6. The van der Waals surface area contributed by atoms with Crippen molar-refractivity contribution in [2.24, 2.45) is 5.73 Å². The Hall–Kier alpha value is -3.16. The van der Waals surface area contributed by atoms with Crippen LogP contribution in [0.4, 0.5) is 11.4 Å². The van der Waals surface area contributed by atoms with E-state index >= 15 is 0 Å². The highest BCUT2D eigenvalue weighted by molar-refractivity contribution is 7.87. The molecule has 0 unspecified atom stereocenters. The molecule has 6 nitrogen and oxygen atoms in total. The summed E-state index contributed by atoms with van der Waals surface area (Å²) in [5.41, 5.74) is 8.56. The number of aryl methyl sites for hydroxylation is 1. The molecule has 0 spiro atoms. The van der Waals surface area contributed by atoms with Crippen molar-refractivity contribution in [1.29, 1.82) is 0 Å². The number of hydrogen-bond donors (Lipinski definition) is 1. The van der Waals surface area contributed by atoms with E-state index in [-0.39, 0.29) is 11.4 Å². The van der Waals surface area contributed by atoms with Gasteiger partial charge in [-0.2, -0.15) is 8.42 Å². The number of anilines is 2. The molecule has 3 rings (SSSR count). The fourth-order valence-electron chi connectivity index (χ4n) is 2.77. The summed E-state index contributed by atoms with van der Waals surface area (Å²) in [5, 5.41) is 0. The predicted octanol–water partition coefficient (Wildman–Crippen LogP) is 3.39. The second-order valence-electron chi connectivity index (χ2n) is 6.56. The van der Waals surface area contributed by atoms with Crippen molar-refractivity contribution < 1.29 is 17.4 Å². The lowest BCUT2D eigenvalue weighted by Gasteiger charge is -2.27. The molecular formula is C22H22N2O4S. The first-order valence-corrected chi connectivity index (χ1v) is 10.5. The van der Waals surface area contributed by atoms with Gasteiger partial charge in [0.15, 0.2) is 0 Å². The van der Waals surface area contributed by atoms with Crippen molar-refractivity contribution in [3.05, 3.63) is 90.5 Å². The van der Waals surface area contributed by atoms with Gasteiger partial charge in [-0.15, -0.1) is 0 Å². The Balaban J connectivity index is 1.78. The summed E-state index contributed by atoms with van der Waals surface area (Å²) in [6.45, 7) is 1.89. The summed E-state index contributed by atoms with van der Waals surface area (Å²) in [6.07, 6.45) is 0. The van der Waals surface area contributed by atoms with E-state index in [9.17, 15) is 13.2 Å². The Morgan fingerprint density at radius 2 is 1.38 bits per heavy atom. The van der Waals surface area contributed by atoms with Crippen LogP contribution in [-0.4, -0.2) is 27.0 Å². The van der Waals surface area contributed by atoms with Gasteiger partial charge in [-0.1, -0.05) is 54.1 Å². The van der Waals surface area contributed by atoms with Crippen molar-refractivity contribution in [1.82, 2.24) is 0 Å². The van der Waals surface area contributed by atoms with E-state index in [1.165, 1.54) is 12.1 Å². The molecule has 7 heteroatoms. The Morgan fingerprint density at radius 3 is 1.86 bits per heavy atom. The summed E-state index contributed by atoms with van der Waals surface area (Å²) in [6, 6.07) is 23.7. The van der Waals surface area contributed by atoms with E-state index in [1.807, 2.05) is 72.5 Å². The van der Waals surface area contributed by atoms with Crippen molar-refractivity contribution in [2.75, 3.05) is 11.4 Å². The molecule has 0 saturated carbocycles. The molecule has 0 bridgehead atoms. The van der Waals surface area contributed by atoms with E-state index in [1.54, 1.807) is 12.1 Å². The summed E-state index contributed by atoms with van der Waals surface area (Å²) in [5.74, 6) is -1.01. The van der Waals surface area contributed by atoms with Gasteiger partial charge >= 0.3 is 16.1 Å². The Bertz CT molecular complexity index is 1010. The van der Waals surface area contributed by atoms with Gasteiger partial charge in [-0.25, -0.2) is 4.79 Å². The fraction of sp³-hybridized carbons (Fsp3) is 0.136. The third kappa shape index (κ3) is 5.22. The van der Waals surface area contributed by atoms with Crippen molar-refractivity contribution in [2.45, 2.75) is 17.9 Å². The van der Waals surface area contributed by atoms with Gasteiger partial charge < -0.3 is 14.8 Å². The first-order chi connectivity index (χ1) is 13.9. The van der Waals surface area contributed by atoms with Crippen LogP contribution < -0.4 is 10.6 Å². The van der Waals surface area contributed by atoms with Gasteiger partial charge in [0, 0.05) is 17.9 Å². The van der Waals surface area contributed by atoms with Gasteiger partial charge in [-0.3, -0.25) is 0 Å². The lowest BCUT2D eigenvalue weighted by molar-refractivity contribution is -0.135. The van der Waals surface area contributed by atoms with Crippen LogP contribution in [0.3, 0.4) is 0 Å². The SMILES string of the molecule is Cc1ccc(S(=O)(=O)OC(=O)[C@@H](N)CN(c2ccccc2)c2ccccc2)cc1. The average molecular weight is 410 g/mol. The standard InChI is InChI=1S/C22H22N2O4S/c1-17-12-14-20(15-13-17)29(26,27)28-22(25)21(23)16-24(18-8-4-2-5-9-18)19-10-6-3-7-11-19/h2-15,21H,16,23H2,1H3/t21-/m0/s1. The van der Waals surface area contributed by atoms with Gasteiger partial charge in [0.2, 0.25) is 0 Å². The maximum atomic E-state index is 12.4. The van der Waals surface area contributed by atoms with Crippen LogP contribution in [0.5, 0.6) is 0 Å². The summed E-state index contributed by atoms with van der Waals surface area (Å²) in [7, 11) is -4.23. The molecule has 0 saturated heterocycles. The maximum absolute atomic E-state index is 12.4. The van der Waals surface area contributed by atoms with E-state index in [0.717, 1.165) is 16.9 Å². The normalized spacial score (nSPS) is 12.2. The van der Waals surface area contributed by atoms with Crippen LogP contribution in [0.15, 0.2) is 89.8 Å². The summed E-state index contributed by atoms with van der Waals surface area (Å²) in [4.78, 5) is 14.2. The quantitative estimate of drug-likeness (QED) is 0.601. The molecule has 150 valence electrons. The van der Waals surface area contributed by atoms with E-state index in [4.69, 9.17) is 9.92 Å². The Labute approximate surface area is 170 Å². The summed E-state index contributed by atoms with van der Waals surface area (Å²) < 4.78 is 29.5. The Kier molecular flexibility index (Phi) is 6.31. The van der Waals surface area contributed by atoms with E-state index in [0.29, 0.717) is 0 Å². The second kappa shape index (κ2) is 8.89. The highest BCUT2D eigenvalue weighted by Crippen LogP contribution is 2.25. The topological polar surface area (TPSA) is 89.7 Å². The zero-order valence-corrected chi connectivity index (χ0v) is 16.7. The molecule has 3 aromatic carbocycles. The second-order valence-corrected chi connectivity index (χ2v) is 8.10. The summed E-state index contributed by atoms with van der Waals surface area (Å²) >= 11 is 0. The molecule has 0 amide bonds. The first-order valence-electron chi connectivity index (χ1n) is 9.05. The zero-order valence-electron chi connectivity index (χ0n) is 15.9. The van der Waals surface area contributed by atoms with Crippen LogP contribution in [0.25, 0.3) is 0 Å². The van der Waals surface area contributed by atoms with Gasteiger partial charge in [0.05, 0.1) is 0 Å². The van der Waals surface area contributed by atoms with Crippen molar-refractivity contribution >= 4 is 27.5 Å². The number of para-hydroxylation sites is 2. The number of benzene rings is 3. The van der Waals surface area contributed by atoms with Crippen LogP contribution in [-0.2, 0) is 19.1 Å². The third-order valence-electron chi connectivity index (χ3n) is 4.32. The number of carbonyl (C=O) groups excluding carboxylic acids is 1. The minimum atomic E-state index is -4.23. The van der Waals surface area contributed by atoms with Gasteiger partial charge in [0.25, 0.3) is 0 Å². The molecule has 0 aliphatic rings. The minimum Gasteiger partial charge on any atom is -0.340 e. The molecule has 0 aliphatic carbocycles. The molecule has 0 fully saturated rings. The maximum Gasteiger partial charge on any atom is 0.341 e. The highest BCUT2D eigenvalue weighted by atomic mass is 32.2. The molecule has 1 atom stereocenters. The minimum absolute atomic E-state index is 0.0519. The van der Waals surface area contributed by atoms with Crippen LogP contribution in [0.1, 0.15) is 5.56 Å². The van der Waals surface area contributed by atoms with E-state index < -0.39 is 22.1 Å². The molecule has 0 radical (unpaired) electrons. The zero-order chi connectivity index (χ0) is 20.9. The monoisotopic (exact) mass is 410 g/mol. The lowest BCUT2D eigenvalue weighted by atomic mass is 10.2. The molecule has 3 aromatic rings. The first kappa shape index (κ1) is 20.6. The van der Waals surface area contributed by atoms with Gasteiger partial charge in [-0.05, 0) is 43.3 Å². The lowest BCUT2D eigenvalue weighted by Crippen LogP contribution is -2.42. The molecule has 0 aliphatic heterocycles. The molecular weight excluding hydrogens is 388 g/mol. The molecule has 2 N–H and O–H groups in total. The highest BCUT2D eigenvalue weighted by Gasteiger charge is 2.27. The van der Waals surface area contributed by atoms with Crippen LogP contribution in [0, 0.1) is 6.92 Å². The third-order valence-corrected chi connectivity index (χ3v) is 5.55. The van der Waals surface area contributed by atoms with Crippen molar-refractivity contribution in [3.63, 3.8) is 0 Å². The van der Waals surface area contributed by atoms with E-state index in [2.05, 4.69) is 0 Å². The number of nitrogens with zero attached hydrogens (tertiary/aromatic N) is 1. The number of rotatable bonds is 7. The molecule has 0 aromatic heterocycles. The smallest absolute Gasteiger partial charge is 0.340 e. The van der Waals surface area contributed by atoms with Crippen LogP contribution >= 0.6 is 0 Å². The number of carbonyl (C=O) groups is 1. The molecule has 29 heavy (non-hydrogen) atoms. The van der Waals surface area contributed by atoms with Crippen molar-refractivity contribution in [3.8, 4) is 0 Å².